The Labute approximate surface area is 173 Å². The molecule has 0 unspecified atom stereocenters. The van der Waals surface area contributed by atoms with Gasteiger partial charge in [-0.25, -0.2) is 13.4 Å². The van der Waals surface area contributed by atoms with Crippen LogP contribution in [0.3, 0.4) is 0 Å². The number of nitrogens with zero attached hydrogens (tertiary/aromatic N) is 2. The van der Waals surface area contributed by atoms with Gasteiger partial charge in [0.05, 0.1) is 16.0 Å². The molecule has 0 bridgehead atoms. The number of hydrogen-bond acceptors (Lipinski definition) is 7. The number of nitrogens with one attached hydrogen (secondary N) is 1. The van der Waals surface area contributed by atoms with E-state index in [2.05, 4.69) is 14.4 Å². The molecule has 0 aliphatic carbocycles. The molecule has 1 N–H and O–H groups in total. The first-order valence-corrected chi connectivity index (χ1v) is 10.5. The summed E-state index contributed by atoms with van der Waals surface area (Å²) < 4.78 is 62.2. The van der Waals surface area contributed by atoms with E-state index in [1.165, 1.54) is 46.5 Å². The highest BCUT2D eigenvalue weighted by Crippen LogP contribution is 2.36. The summed E-state index contributed by atoms with van der Waals surface area (Å²) in [5.41, 5.74) is 1.32. The van der Waals surface area contributed by atoms with Gasteiger partial charge < -0.3 is 9.47 Å². The van der Waals surface area contributed by atoms with Crippen LogP contribution in [0.1, 0.15) is 5.56 Å². The molecular weight excluding hydrogens is 448 g/mol. The van der Waals surface area contributed by atoms with Crippen molar-refractivity contribution in [3.05, 3.63) is 57.9 Å². The van der Waals surface area contributed by atoms with E-state index in [-0.39, 0.29) is 38.5 Å². The molecule has 12 heteroatoms. The van der Waals surface area contributed by atoms with Crippen LogP contribution in [0.15, 0.2) is 52.2 Å². The number of aromatic nitrogens is 1. The van der Waals surface area contributed by atoms with Gasteiger partial charge in [-0.3, -0.25) is 4.72 Å². The molecule has 3 rings (SSSR count). The maximum absolute atomic E-state index is 12.6. The number of halogens is 3. The van der Waals surface area contributed by atoms with Crippen molar-refractivity contribution in [3.8, 4) is 23.3 Å². The van der Waals surface area contributed by atoms with Gasteiger partial charge in [-0.1, -0.05) is 11.6 Å². The molecule has 1 heterocycles. The highest BCUT2D eigenvalue weighted by molar-refractivity contribution is 7.92. The van der Waals surface area contributed by atoms with E-state index in [0.29, 0.717) is 0 Å². The van der Waals surface area contributed by atoms with Crippen LogP contribution in [-0.2, 0) is 10.0 Å². The molecule has 0 atom stereocenters. The fraction of sp³-hybridized carbons (Fsp3) is 0.0588. The largest absolute Gasteiger partial charge is 0.452 e. The molecule has 1 aromatic heterocycles. The second-order valence-corrected chi connectivity index (χ2v) is 8.16. The van der Waals surface area contributed by atoms with Crippen LogP contribution in [0.2, 0.25) is 5.02 Å². The highest BCUT2D eigenvalue weighted by atomic mass is 35.5. The van der Waals surface area contributed by atoms with Gasteiger partial charge in [0, 0.05) is 16.5 Å². The topological polar surface area (TPSA) is 101 Å². The predicted molar refractivity (Wildman–Crippen MR) is 102 cm³/mol. The molecule has 29 heavy (non-hydrogen) atoms. The van der Waals surface area contributed by atoms with Crippen LogP contribution in [0.25, 0.3) is 0 Å². The lowest BCUT2D eigenvalue weighted by Gasteiger charge is -2.14. The van der Waals surface area contributed by atoms with Crippen LogP contribution >= 0.6 is 22.9 Å². The quantitative estimate of drug-likeness (QED) is 0.543. The Bertz CT molecular complexity index is 1170. The van der Waals surface area contributed by atoms with E-state index in [0.717, 1.165) is 12.1 Å². The molecule has 2 aromatic carbocycles. The van der Waals surface area contributed by atoms with Crippen LogP contribution in [0, 0.1) is 11.3 Å². The first-order chi connectivity index (χ1) is 13.8. The molecule has 0 saturated heterocycles. The van der Waals surface area contributed by atoms with Crippen LogP contribution < -0.4 is 14.2 Å². The smallest absolute Gasteiger partial charge is 0.387 e. The molecule has 0 aliphatic rings. The first kappa shape index (κ1) is 20.8. The predicted octanol–water partition coefficient (Wildman–Crippen LogP) is 4.86. The Morgan fingerprint density at radius 3 is 2.59 bits per heavy atom. The molecule has 3 aromatic rings. The molecule has 0 amide bonds. The Morgan fingerprint density at radius 2 is 1.93 bits per heavy atom. The van der Waals surface area contributed by atoms with E-state index >= 15 is 0 Å². The molecule has 0 saturated carbocycles. The first-order valence-electron chi connectivity index (χ1n) is 7.66. The van der Waals surface area contributed by atoms with E-state index in [1.54, 1.807) is 0 Å². The van der Waals surface area contributed by atoms with Crippen molar-refractivity contribution in [1.82, 2.24) is 4.98 Å². The van der Waals surface area contributed by atoms with Crippen molar-refractivity contribution >= 4 is 38.8 Å². The van der Waals surface area contributed by atoms with Crippen molar-refractivity contribution < 1.29 is 26.7 Å². The minimum absolute atomic E-state index is 0.0541. The lowest BCUT2D eigenvalue weighted by atomic mass is 10.2. The summed E-state index contributed by atoms with van der Waals surface area (Å²) in [6.45, 7) is -3.12. The zero-order chi connectivity index (χ0) is 21.0. The van der Waals surface area contributed by atoms with E-state index < -0.39 is 16.6 Å². The van der Waals surface area contributed by atoms with Gasteiger partial charge >= 0.3 is 6.61 Å². The second kappa shape index (κ2) is 8.60. The molecule has 0 radical (unpaired) electrons. The maximum Gasteiger partial charge on any atom is 0.387 e. The monoisotopic (exact) mass is 457 g/mol. The van der Waals surface area contributed by atoms with Crippen molar-refractivity contribution in [1.29, 1.82) is 5.26 Å². The Balaban J connectivity index is 1.92. The zero-order valence-corrected chi connectivity index (χ0v) is 16.6. The van der Waals surface area contributed by atoms with Gasteiger partial charge in [0.15, 0.2) is 17.3 Å². The summed E-state index contributed by atoms with van der Waals surface area (Å²) in [7, 11) is -3.99. The minimum atomic E-state index is -3.99. The normalized spacial score (nSPS) is 11.1. The summed E-state index contributed by atoms with van der Waals surface area (Å²) in [4.78, 5) is 3.64. The zero-order valence-electron chi connectivity index (χ0n) is 14.2. The molecule has 0 fully saturated rings. The molecular formula is C17H10ClF2N3O4S2. The van der Waals surface area contributed by atoms with Crippen molar-refractivity contribution in [2.75, 3.05) is 4.72 Å². The van der Waals surface area contributed by atoms with Crippen LogP contribution in [-0.4, -0.2) is 20.0 Å². The summed E-state index contributed by atoms with van der Waals surface area (Å²) in [5.74, 6) is -0.369. The molecule has 0 spiro atoms. The number of nitriles is 1. The SMILES string of the molecule is N#Cc1cc(S(=O)(=O)Nc2cscn2)ccc1Oc1ccc(Cl)cc1OC(F)F. The third kappa shape index (κ3) is 5.11. The molecule has 7 nitrogen and oxygen atoms in total. The van der Waals surface area contributed by atoms with Gasteiger partial charge in [0.2, 0.25) is 0 Å². The van der Waals surface area contributed by atoms with Crippen molar-refractivity contribution in [3.63, 3.8) is 0 Å². The Kier molecular flexibility index (Phi) is 6.17. The van der Waals surface area contributed by atoms with E-state index in [9.17, 15) is 22.5 Å². The standard InChI is InChI=1S/C17H10ClF2N3O4S2/c18-11-1-3-14(15(6-11)27-17(19)20)26-13-4-2-12(5-10(13)7-21)29(24,25)23-16-8-28-9-22-16/h1-6,8-9,17,23H. The minimum Gasteiger partial charge on any atom is -0.452 e. The number of thiazole rings is 1. The average molecular weight is 458 g/mol. The van der Waals surface area contributed by atoms with Crippen LogP contribution in [0.4, 0.5) is 14.6 Å². The van der Waals surface area contributed by atoms with Crippen molar-refractivity contribution in [2.24, 2.45) is 0 Å². The van der Waals surface area contributed by atoms with Gasteiger partial charge in [-0.15, -0.1) is 11.3 Å². The number of sulfonamides is 1. The fourth-order valence-corrected chi connectivity index (χ4v) is 3.93. The van der Waals surface area contributed by atoms with Gasteiger partial charge in [0.25, 0.3) is 10.0 Å². The number of anilines is 1. The number of alkyl halides is 2. The summed E-state index contributed by atoms with van der Waals surface area (Å²) in [5, 5.41) is 11.0. The number of benzene rings is 2. The van der Waals surface area contributed by atoms with Gasteiger partial charge in [-0.05, 0) is 30.3 Å². The number of rotatable bonds is 7. The molecule has 150 valence electrons. The third-order valence-corrected chi connectivity index (χ3v) is 5.57. The number of hydrogen-bond donors (Lipinski definition) is 1. The second-order valence-electron chi connectivity index (χ2n) is 5.32. The highest BCUT2D eigenvalue weighted by Gasteiger charge is 2.19. The summed E-state index contributed by atoms with van der Waals surface area (Å²) >= 11 is 6.99. The third-order valence-electron chi connectivity index (χ3n) is 3.39. The van der Waals surface area contributed by atoms with Gasteiger partial charge in [-0.2, -0.15) is 14.0 Å². The number of ether oxygens (including phenoxy) is 2. The fourth-order valence-electron chi connectivity index (χ4n) is 2.18. The van der Waals surface area contributed by atoms with E-state index in [1.807, 2.05) is 6.07 Å². The van der Waals surface area contributed by atoms with Crippen LogP contribution in [0.5, 0.6) is 17.2 Å². The average Bonchev–Trinajstić information content (AvgIpc) is 3.15. The maximum atomic E-state index is 12.6. The summed E-state index contributed by atoms with van der Waals surface area (Å²) in [6, 6.07) is 9.14. The Hall–Kier alpha value is -2.94. The van der Waals surface area contributed by atoms with E-state index in [4.69, 9.17) is 16.3 Å². The Morgan fingerprint density at radius 1 is 1.17 bits per heavy atom. The lowest BCUT2D eigenvalue weighted by Crippen LogP contribution is -2.13. The van der Waals surface area contributed by atoms with Gasteiger partial charge in [0.1, 0.15) is 11.8 Å². The summed E-state index contributed by atoms with van der Waals surface area (Å²) in [6.07, 6.45) is 0. The van der Waals surface area contributed by atoms with Crippen molar-refractivity contribution in [2.45, 2.75) is 11.5 Å². The molecule has 0 aliphatic heterocycles. The lowest BCUT2D eigenvalue weighted by molar-refractivity contribution is -0.0510.